The van der Waals surface area contributed by atoms with E-state index in [2.05, 4.69) is 25.9 Å². The molecule has 12 heteroatoms. The summed E-state index contributed by atoms with van der Waals surface area (Å²) >= 11 is 2.65. The van der Waals surface area contributed by atoms with Gasteiger partial charge in [-0.3, -0.25) is 4.40 Å². The molecule has 0 aliphatic heterocycles. The number of imidazole rings is 2. The van der Waals surface area contributed by atoms with Crippen molar-refractivity contribution in [3.63, 3.8) is 0 Å². The summed E-state index contributed by atoms with van der Waals surface area (Å²) in [6.07, 6.45) is -1.55. The van der Waals surface area contributed by atoms with Crippen molar-refractivity contribution in [1.29, 1.82) is 0 Å². The lowest BCUT2D eigenvalue weighted by atomic mass is 10.3. The maximum absolute atomic E-state index is 13.1. The number of alkyl halides is 3. The van der Waals surface area contributed by atoms with Crippen LogP contribution in [0, 0.1) is 0 Å². The van der Waals surface area contributed by atoms with Crippen LogP contribution < -0.4 is 0 Å². The molecule has 0 atom stereocenters. The van der Waals surface area contributed by atoms with Gasteiger partial charge in [-0.15, -0.1) is 0 Å². The zero-order valence-corrected chi connectivity index (χ0v) is 16.9. The average Bonchev–Trinajstić information content (AvgIpc) is 3.14. The summed E-state index contributed by atoms with van der Waals surface area (Å²) in [5.74, 6) is -0.277. The molecule has 150 valence electrons. The Morgan fingerprint density at radius 2 is 2.00 bits per heavy atom. The van der Waals surface area contributed by atoms with Crippen molar-refractivity contribution in [1.82, 2.24) is 18.9 Å². The number of hydrogen-bond donors (Lipinski definition) is 0. The van der Waals surface area contributed by atoms with Crippen molar-refractivity contribution in [2.75, 3.05) is 5.75 Å². The van der Waals surface area contributed by atoms with E-state index in [1.165, 1.54) is 24.7 Å². The van der Waals surface area contributed by atoms with Gasteiger partial charge in [0.25, 0.3) is 0 Å². The summed E-state index contributed by atoms with van der Waals surface area (Å²) in [6, 6.07) is 1.91. The largest absolute Gasteiger partial charge is 0.417 e. The molecule has 3 aromatic heterocycles. The number of sulfone groups is 1. The summed E-state index contributed by atoms with van der Waals surface area (Å²) < 4.78 is 79.4. The summed E-state index contributed by atoms with van der Waals surface area (Å²) in [4.78, 5) is 8.26. The average molecular weight is 481 g/mol. The molecule has 0 N–H and O–H groups in total. The predicted octanol–water partition coefficient (Wildman–Crippen LogP) is 4.21. The van der Waals surface area contributed by atoms with Crippen molar-refractivity contribution in [3.8, 4) is 11.5 Å². The molecule has 0 bridgehead atoms. The van der Waals surface area contributed by atoms with Gasteiger partial charge in [-0.25, -0.2) is 18.4 Å². The molecule has 28 heavy (non-hydrogen) atoms. The molecule has 0 aliphatic carbocycles. The predicted molar refractivity (Wildman–Crippen MR) is 98.1 cm³/mol. The molecule has 0 saturated heterocycles. The summed E-state index contributed by atoms with van der Waals surface area (Å²) in [5.41, 5.74) is -0.807. The third kappa shape index (κ3) is 3.58. The van der Waals surface area contributed by atoms with Crippen LogP contribution in [0.15, 0.2) is 34.3 Å². The zero-order valence-electron chi connectivity index (χ0n) is 14.5. The third-order valence-corrected chi connectivity index (χ3v) is 6.04. The highest BCUT2D eigenvalue weighted by Gasteiger charge is 2.33. The monoisotopic (exact) mass is 480 g/mol. The van der Waals surface area contributed by atoms with E-state index < -0.39 is 31.3 Å². The number of pyridine rings is 1. The first-order valence-electron chi connectivity index (χ1n) is 7.82. The van der Waals surface area contributed by atoms with Crippen LogP contribution in [0.1, 0.15) is 18.2 Å². The van der Waals surface area contributed by atoms with Crippen LogP contribution in [0.4, 0.5) is 17.6 Å². The molecular weight excluding hydrogens is 468 g/mol. The Bertz CT molecular complexity index is 1190. The minimum absolute atomic E-state index is 0.0155. The van der Waals surface area contributed by atoms with E-state index in [0.29, 0.717) is 11.9 Å². The second-order valence-corrected chi connectivity index (χ2v) is 8.76. The molecule has 3 rings (SSSR count). The van der Waals surface area contributed by atoms with Gasteiger partial charge in [0.1, 0.15) is 11.3 Å². The summed E-state index contributed by atoms with van der Waals surface area (Å²) in [6.45, 7) is 1.37. The second-order valence-electron chi connectivity index (χ2n) is 5.81. The molecule has 0 fully saturated rings. The zero-order chi connectivity index (χ0) is 20.9. The Morgan fingerprint density at radius 3 is 2.57 bits per heavy atom. The number of nitrogens with zero attached hydrogens (tertiary/aromatic N) is 4. The number of fused-ring (bicyclic) bond motifs is 1. The first-order valence-corrected chi connectivity index (χ1v) is 10.3. The van der Waals surface area contributed by atoms with Crippen LogP contribution in [0.2, 0.25) is 0 Å². The topological polar surface area (TPSA) is 69.3 Å². The fourth-order valence-corrected chi connectivity index (χ4v) is 4.04. The van der Waals surface area contributed by atoms with Gasteiger partial charge in [0, 0.05) is 19.3 Å². The Kier molecular flexibility index (Phi) is 5.13. The van der Waals surface area contributed by atoms with Gasteiger partial charge in [0.05, 0.1) is 23.2 Å². The lowest BCUT2D eigenvalue weighted by molar-refractivity contribution is -0.137. The first kappa shape index (κ1) is 20.5. The Labute approximate surface area is 165 Å². The molecule has 6 nitrogen and oxygen atoms in total. The van der Waals surface area contributed by atoms with E-state index in [-0.39, 0.29) is 22.9 Å². The fraction of sp³-hybridized carbons (Fsp3) is 0.250. The summed E-state index contributed by atoms with van der Waals surface area (Å²) in [5, 5.41) is -0.403. The SMILES string of the molecule is CCS(=O)(=O)c1c(-c2ncc(C=C(F)Br)n2C)nc2ccc(C(F)(F)F)cn12. The molecule has 0 aliphatic rings. The van der Waals surface area contributed by atoms with Crippen molar-refractivity contribution >= 4 is 37.5 Å². The number of rotatable bonds is 4. The van der Waals surface area contributed by atoms with Crippen LogP contribution in [-0.2, 0) is 23.1 Å². The Morgan fingerprint density at radius 1 is 1.32 bits per heavy atom. The van der Waals surface area contributed by atoms with Crippen molar-refractivity contribution in [3.05, 3.63) is 40.5 Å². The molecule has 0 aromatic carbocycles. The van der Waals surface area contributed by atoms with Crippen molar-refractivity contribution < 1.29 is 26.0 Å². The van der Waals surface area contributed by atoms with E-state index in [1.807, 2.05) is 0 Å². The fourth-order valence-electron chi connectivity index (χ4n) is 2.66. The molecule has 3 heterocycles. The first-order chi connectivity index (χ1) is 13.0. The smallest absolute Gasteiger partial charge is 0.326 e. The van der Waals surface area contributed by atoms with Crippen LogP contribution in [0.5, 0.6) is 0 Å². The number of hydrogen-bond acceptors (Lipinski definition) is 4. The molecule has 0 unspecified atom stereocenters. The maximum atomic E-state index is 13.1. The molecule has 0 spiro atoms. The van der Waals surface area contributed by atoms with E-state index in [1.54, 1.807) is 0 Å². The molecule has 0 amide bonds. The Balaban J connectivity index is 2.37. The van der Waals surface area contributed by atoms with Gasteiger partial charge >= 0.3 is 6.18 Å². The Hall–Kier alpha value is -2.21. The van der Waals surface area contributed by atoms with Crippen LogP contribution in [0.3, 0.4) is 0 Å². The van der Waals surface area contributed by atoms with Crippen molar-refractivity contribution in [2.45, 2.75) is 18.1 Å². The highest BCUT2D eigenvalue weighted by Crippen LogP contribution is 2.33. The van der Waals surface area contributed by atoms with Crippen molar-refractivity contribution in [2.24, 2.45) is 7.05 Å². The minimum atomic E-state index is -4.65. The van der Waals surface area contributed by atoms with E-state index in [9.17, 15) is 26.0 Å². The standard InChI is InChI=1S/C16H13BrF4N4O2S/c1-3-28(26,27)15-13(14-22-7-10(24(14)2)6-11(17)18)23-12-5-4-9(8-25(12)15)16(19,20)21/h4-8H,3H2,1-2H3. The van der Waals surface area contributed by atoms with E-state index >= 15 is 0 Å². The second kappa shape index (κ2) is 6.99. The van der Waals surface area contributed by atoms with Gasteiger partial charge in [-0.05, 0) is 28.1 Å². The molecular formula is C16H13BrF4N4O2S. The number of aromatic nitrogens is 4. The van der Waals surface area contributed by atoms with Gasteiger partial charge < -0.3 is 4.57 Å². The molecule has 0 saturated carbocycles. The number of halogens is 5. The normalized spacial score (nSPS) is 13.5. The lowest BCUT2D eigenvalue weighted by Crippen LogP contribution is -2.12. The van der Waals surface area contributed by atoms with Crippen LogP contribution in [-0.4, -0.2) is 33.1 Å². The highest BCUT2D eigenvalue weighted by molar-refractivity contribution is 9.11. The van der Waals surface area contributed by atoms with Gasteiger partial charge in [-0.1, -0.05) is 6.92 Å². The maximum Gasteiger partial charge on any atom is 0.417 e. The quantitative estimate of drug-likeness (QED) is 0.524. The van der Waals surface area contributed by atoms with Gasteiger partial charge in [0.2, 0.25) is 0 Å². The van der Waals surface area contributed by atoms with Gasteiger partial charge in [0.15, 0.2) is 25.4 Å². The van der Waals surface area contributed by atoms with E-state index in [0.717, 1.165) is 22.6 Å². The van der Waals surface area contributed by atoms with Crippen LogP contribution in [0.25, 0.3) is 23.2 Å². The van der Waals surface area contributed by atoms with E-state index in [4.69, 9.17) is 0 Å². The van der Waals surface area contributed by atoms with Crippen LogP contribution >= 0.6 is 15.9 Å². The lowest BCUT2D eigenvalue weighted by Gasteiger charge is -2.09. The molecule has 0 radical (unpaired) electrons. The highest BCUT2D eigenvalue weighted by atomic mass is 79.9. The summed E-state index contributed by atoms with van der Waals surface area (Å²) in [7, 11) is -2.46. The minimum Gasteiger partial charge on any atom is -0.326 e. The van der Waals surface area contributed by atoms with Gasteiger partial charge in [-0.2, -0.15) is 17.6 Å². The third-order valence-electron chi connectivity index (χ3n) is 4.07. The molecule has 3 aromatic rings.